The summed E-state index contributed by atoms with van der Waals surface area (Å²) in [4.78, 5) is 71.2. The predicted octanol–water partition coefficient (Wildman–Crippen LogP) is 9.14. The van der Waals surface area contributed by atoms with Crippen molar-refractivity contribution < 1.29 is 28.0 Å². The number of nitrogens with zero attached hydrogens (tertiary/aromatic N) is 4. The number of aryl methyl sites for hydroxylation is 2. The predicted molar refractivity (Wildman–Crippen MR) is 246 cm³/mol. The molecular weight excluding hydrogens is 1040 g/mol. The fourth-order valence-electron chi connectivity index (χ4n) is 6.54. The Morgan fingerprint density at radius 3 is 1.62 bits per heavy atom. The van der Waals surface area contributed by atoms with Crippen LogP contribution in [0, 0.1) is 29.6 Å². The maximum absolute atomic E-state index is 12.1. The second-order valence-electron chi connectivity index (χ2n) is 16.1. The van der Waals surface area contributed by atoms with Gasteiger partial charge in [-0.05, 0) is 55.7 Å². The maximum Gasteiger partial charge on any atom is 0.271 e. The van der Waals surface area contributed by atoms with Gasteiger partial charge in [0.1, 0.15) is 5.78 Å². The van der Waals surface area contributed by atoms with Crippen molar-refractivity contribution in [2.45, 2.75) is 67.2 Å². The summed E-state index contributed by atoms with van der Waals surface area (Å²) >= 11 is 12.1. The van der Waals surface area contributed by atoms with Gasteiger partial charge in [-0.15, -0.1) is 0 Å². The Bertz CT molecular complexity index is 2630. The van der Waals surface area contributed by atoms with Crippen molar-refractivity contribution in [3.63, 3.8) is 0 Å². The number of carbonyl (C=O) groups is 4. The van der Waals surface area contributed by atoms with Gasteiger partial charge in [-0.25, -0.2) is 4.98 Å². The molecular formula is C45H45Cl2IN6O6Sn. The van der Waals surface area contributed by atoms with Gasteiger partial charge in [0.2, 0.25) is 5.89 Å². The summed E-state index contributed by atoms with van der Waals surface area (Å²) in [5.74, 6) is 0.524. The first-order chi connectivity index (χ1) is 28.9. The van der Waals surface area contributed by atoms with E-state index in [0.29, 0.717) is 60.2 Å². The van der Waals surface area contributed by atoms with Crippen LogP contribution in [0.4, 0.5) is 0 Å². The number of amides is 2. The van der Waals surface area contributed by atoms with Crippen LogP contribution in [0.5, 0.6) is 0 Å². The van der Waals surface area contributed by atoms with Crippen molar-refractivity contribution in [2.24, 2.45) is 23.3 Å². The Balaban J connectivity index is 0.000000163. The summed E-state index contributed by atoms with van der Waals surface area (Å²) in [6.07, 6.45) is 8.55. The van der Waals surface area contributed by atoms with E-state index in [0.717, 1.165) is 36.9 Å². The van der Waals surface area contributed by atoms with E-state index in [4.69, 9.17) is 43.5 Å². The Hall–Kier alpha value is -4.45. The first-order valence-corrected chi connectivity index (χ1v) is 31.5. The number of pyridine rings is 2. The van der Waals surface area contributed by atoms with E-state index < -0.39 is 30.2 Å². The van der Waals surface area contributed by atoms with Gasteiger partial charge < -0.3 is 20.3 Å². The number of primary amides is 2. The molecule has 0 unspecified atom stereocenters. The summed E-state index contributed by atoms with van der Waals surface area (Å²) in [5, 5.41) is 0.910. The van der Waals surface area contributed by atoms with Gasteiger partial charge in [0.05, 0.1) is 10.0 Å². The molecule has 2 aliphatic carbocycles. The fraction of sp³-hybridized carbons (Fsp3) is 0.289. The van der Waals surface area contributed by atoms with E-state index in [2.05, 4.69) is 47.7 Å². The minimum Gasteiger partial charge on any atom is -0.435 e. The van der Waals surface area contributed by atoms with Crippen LogP contribution >= 0.6 is 45.8 Å². The molecule has 4 heterocycles. The number of rotatable bonds is 12. The summed E-state index contributed by atoms with van der Waals surface area (Å²) in [5.41, 5.74) is 16.4. The van der Waals surface area contributed by atoms with Crippen molar-refractivity contribution in [3.8, 4) is 34.1 Å². The average molecular weight is 1080 g/mol. The summed E-state index contributed by atoms with van der Waals surface area (Å²) in [6.45, 7) is 4.00. The molecule has 0 aliphatic heterocycles. The second kappa shape index (κ2) is 19.7. The molecule has 4 N–H and O–H groups in total. The van der Waals surface area contributed by atoms with Crippen LogP contribution in [-0.4, -0.2) is 61.7 Å². The Morgan fingerprint density at radius 1 is 0.689 bits per heavy atom. The molecule has 16 heteroatoms. The zero-order chi connectivity index (χ0) is 44.2. The van der Waals surface area contributed by atoms with E-state index in [1.165, 1.54) is 9.14 Å². The third-order valence-electron chi connectivity index (χ3n) is 10.1. The number of Topliss-reactive ketones (excluding diaryl/α,β-unsaturated/α-hetero) is 2. The van der Waals surface area contributed by atoms with Gasteiger partial charge in [0.25, 0.3) is 15.7 Å². The topological polar surface area (TPSA) is 198 Å². The van der Waals surface area contributed by atoms with Gasteiger partial charge in [-0.1, -0.05) is 47.5 Å². The summed E-state index contributed by atoms with van der Waals surface area (Å²) in [7, 11) is 0. The van der Waals surface area contributed by atoms with E-state index >= 15 is 0 Å². The number of carbonyl (C=O) groups excluding carboxylic acids is 4. The molecule has 61 heavy (non-hydrogen) atoms. The SMILES string of the molecule is Cc1cnc(CC(=O)C2CC2)c[c]1[Sn]([CH3])([CH3])[CH3].Cc1cnc(CC(=O)C2CC2)cc1-c1nc(C(N)=O)c(-c2ccccc2Cl)o1.NC(=O)c1nc(I)oc1-c1ccccc1Cl. The van der Waals surface area contributed by atoms with Crippen molar-refractivity contribution in [1.82, 2.24) is 19.9 Å². The zero-order valence-corrected chi connectivity index (χ0v) is 40.9. The monoisotopic (exact) mass is 1080 g/mol. The first-order valence-electron chi connectivity index (χ1n) is 19.6. The van der Waals surface area contributed by atoms with Crippen LogP contribution in [-0.2, 0) is 22.4 Å². The normalized spacial score (nSPS) is 13.4. The number of hydrogen-bond donors (Lipinski definition) is 2. The van der Waals surface area contributed by atoms with Gasteiger partial charge in [0.15, 0.2) is 22.9 Å². The number of nitrogens with two attached hydrogens (primary N) is 2. The van der Waals surface area contributed by atoms with Crippen LogP contribution in [0.15, 0.2) is 81.9 Å². The summed E-state index contributed by atoms with van der Waals surface area (Å²) in [6, 6.07) is 18.0. The minimum absolute atomic E-state index is 0.00918. The largest absolute Gasteiger partial charge is 0.435 e. The molecule has 4 aromatic heterocycles. The molecule has 12 nitrogen and oxygen atoms in total. The number of ketones is 2. The van der Waals surface area contributed by atoms with Crippen molar-refractivity contribution >= 4 is 91.1 Å². The number of hydrogen-bond acceptors (Lipinski definition) is 10. The van der Waals surface area contributed by atoms with Crippen molar-refractivity contribution in [1.29, 1.82) is 0 Å². The molecule has 2 fully saturated rings. The molecule has 0 bridgehead atoms. The quantitative estimate of drug-likeness (QED) is 0.0880. The number of benzene rings is 2. The van der Waals surface area contributed by atoms with Gasteiger partial charge in [0, 0.05) is 63.5 Å². The van der Waals surface area contributed by atoms with Crippen LogP contribution < -0.4 is 15.0 Å². The van der Waals surface area contributed by atoms with Crippen LogP contribution in [0.3, 0.4) is 0 Å². The molecule has 2 aromatic carbocycles. The molecule has 6 aromatic rings. The summed E-state index contributed by atoms with van der Waals surface area (Å²) < 4.78 is 13.1. The smallest absolute Gasteiger partial charge is 0.271 e. The minimum atomic E-state index is -2.06. The maximum atomic E-state index is 12.1. The number of halogens is 3. The molecule has 2 aliphatic rings. The van der Waals surface area contributed by atoms with Gasteiger partial charge >= 0.3 is 108 Å². The fourth-order valence-corrected chi connectivity index (χ4v) is 12.7. The Morgan fingerprint density at radius 2 is 1.15 bits per heavy atom. The first kappa shape index (κ1) is 46.1. The standard InChI is InChI=1S/C21H18ClN3O3.C11H12NO.C10H6ClIN2O2.3CH3.Sn/c1-11-10-24-13(9-17(26)12-6-7-12)8-15(11)21-25-18(20(23)27)19(28-21)14-4-2-3-5-16(14)22;1-8-2-5-10(12-7-8)6-11(13)9-3-4-9;11-6-4-2-1-3-5(6)8-7(9(13)15)14-10(12)16-8;;;;/h2-5,8,10,12H,6-7,9H2,1H3,(H2,23,27);5,7,9H,3-4,6H2,1H3;1-4H,(H2,13,15);3*1H3;. The second-order valence-corrected chi connectivity index (χ2v) is 32.2. The zero-order valence-electron chi connectivity index (χ0n) is 34.4. The molecule has 0 atom stereocenters. The Kier molecular flexibility index (Phi) is 14.9. The average Bonchev–Trinajstić information content (AvgIpc) is 4.15. The van der Waals surface area contributed by atoms with Crippen LogP contribution in [0.2, 0.25) is 24.9 Å². The molecule has 0 spiro atoms. The molecule has 8 rings (SSSR count). The van der Waals surface area contributed by atoms with Gasteiger partial charge in [-0.2, -0.15) is 4.98 Å². The van der Waals surface area contributed by atoms with Crippen molar-refractivity contribution in [2.75, 3.05) is 0 Å². The van der Waals surface area contributed by atoms with Gasteiger partial charge in [-0.3, -0.25) is 19.4 Å². The van der Waals surface area contributed by atoms with Crippen molar-refractivity contribution in [3.05, 3.63) is 121 Å². The van der Waals surface area contributed by atoms with E-state index in [-0.39, 0.29) is 41.2 Å². The Labute approximate surface area is 381 Å². The molecule has 0 saturated heterocycles. The molecule has 2 amide bonds. The molecule has 0 radical (unpaired) electrons. The number of oxazole rings is 2. The van der Waals surface area contributed by atoms with Crippen LogP contribution in [0.25, 0.3) is 34.1 Å². The molecule has 2 saturated carbocycles. The molecule has 316 valence electrons. The van der Waals surface area contributed by atoms with E-state index in [9.17, 15) is 19.2 Å². The number of aromatic nitrogens is 4. The van der Waals surface area contributed by atoms with E-state index in [1.807, 2.05) is 35.7 Å². The third-order valence-corrected chi connectivity index (χ3v) is 17.3. The third kappa shape index (κ3) is 11.9. The van der Waals surface area contributed by atoms with E-state index in [1.54, 1.807) is 60.8 Å². The van der Waals surface area contributed by atoms with Crippen LogP contribution in [0.1, 0.15) is 69.2 Å².